The molecule has 0 radical (unpaired) electrons. The summed E-state index contributed by atoms with van der Waals surface area (Å²) in [6.45, 7) is 2.27. The molecule has 66 valence electrons. The van der Waals surface area contributed by atoms with E-state index >= 15 is 0 Å². The minimum Gasteiger partial charge on any atom is -0.337 e. The Bertz CT molecular complexity index is 208. The van der Waals surface area contributed by atoms with Crippen LogP contribution in [0.5, 0.6) is 0 Å². The van der Waals surface area contributed by atoms with Gasteiger partial charge in [0.15, 0.2) is 0 Å². The molecule has 0 aliphatic carbocycles. The fraction of sp³-hybridized carbons (Fsp3) is 0.500. The van der Waals surface area contributed by atoms with E-state index < -0.39 is 0 Å². The number of hydrogen-bond donors (Lipinski definition) is 1. The molecule has 1 N–H and O–H groups in total. The van der Waals surface area contributed by atoms with Crippen LogP contribution in [0.15, 0.2) is 18.7 Å². The van der Waals surface area contributed by atoms with Crippen molar-refractivity contribution in [1.82, 2.24) is 14.9 Å². The van der Waals surface area contributed by atoms with Gasteiger partial charge in [-0.05, 0) is 13.0 Å². The van der Waals surface area contributed by atoms with Gasteiger partial charge in [0.05, 0.1) is 12.9 Å². The van der Waals surface area contributed by atoms with E-state index in [1.54, 1.807) is 12.5 Å². The van der Waals surface area contributed by atoms with E-state index in [2.05, 4.69) is 10.3 Å². The number of nitrogens with zero attached hydrogens (tertiary/aromatic N) is 2. The third-order valence-electron chi connectivity index (χ3n) is 1.56. The zero-order valence-corrected chi connectivity index (χ0v) is 6.94. The van der Waals surface area contributed by atoms with Gasteiger partial charge in [-0.25, -0.2) is 4.98 Å². The van der Waals surface area contributed by atoms with Gasteiger partial charge >= 0.3 is 0 Å². The van der Waals surface area contributed by atoms with Crippen molar-refractivity contribution in [3.05, 3.63) is 18.7 Å². The molecule has 0 aliphatic rings. The normalized spacial score (nSPS) is 10.0. The third-order valence-corrected chi connectivity index (χ3v) is 1.56. The number of carbonyl (C=O) groups excluding carboxylic acids is 1. The lowest BCUT2D eigenvalue weighted by molar-refractivity contribution is -0.107. The Morgan fingerprint density at radius 1 is 1.58 bits per heavy atom. The Morgan fingerprint density at radius 2 is 2.50 bits per heavy atom. The van der Waals surface area contributed by atoms with Gasteiger partial charge in [-0.1, -0.05) is 0 Å². The van der Waals surface area contributed by atoms with Crippen molar-refractivity contribution in [1.29, 1.82) is 0 Å². The van der Waals surface area contributed by atoms with Crippen molar-refractivity contribution < 1.29 is 4.79 Å². The Balaban J connectivity index is 2.00. The molecule has 1 aromatic rings. The van der Waals surface area contributed by atoms with Gasteiger partial charge in [-0.15, -0.1) is 0 Å². The van der Waals surface area contributed by atoms with Crippen LogP contribution in [0, 0.1) is 0 Å². The molecule has 0 amide bonds. The Labute approximate surface area is 71.6 Å². The lowest BCUT2D eigenvalue weighted by Gasteiger charge is -2.01. The van der Waals surface area contributed by atoms with Crippen LogP contribution in [-0.4, -0.2) is 28.9 Å². The Hall–Kier alpha value is -1.16. The summed E-state index contributed by atoms with van der Waals surface area (Å²) in [6, 6.07) is 0. The zero-order chi connectivity index (χ0) is 8.65. The molecule has 0 fully saturated rings. The number of aromatic nitrogens is 2. The topological polar surface area (TPSA) is 46.9 Å². The lowest BCUT2D eigenvalue weighted by atomic mass is 10.4. The van der Waals surface area contributed by atoms with Crippen LogP contribution in [0.3, 0.4) is 0 Å². The highest BCUT2D eigenvalue weighted by Gasteiger charge is 1.89. The molecule has 0 bridgehead atoms. The summed E-state index contributed by atoms with van der Waals surface area (Å²) in [5.41, 5.74) is 0. The lowest BCUT2D eigenvalue weighted by Crippen LogP contribution is -2.18. The van der Waals surface area contributed by atoms with E-state index in [1.807, 2.05) is 10.8 Å². The highest BCUT2D eigenvalue weighted by atomic mass is 16.1. The van der Waals surface area contributed by atoms with E-state index in [4.69, 9.17) is 0 Å². The number of nitrogens with one attached hydrogen (secondary N) is 1. The number of aryl methyl sites for hydroxylation is 1. The molecule has 1 rings (SSSR count). The second-order valence-electron chi connectivity index (χ2n) is 2.52. The van der Waals surface area contributed by atoms with Crippen LogP contribution in [-0.2, 0) is 11.3 Å². The number of hydrogen-bond acceptors (Lipinski definition) is 3. The number of rotatable bonds is 6. The summed E-state index contributed by atoms with van der Waals surface area (Å²) >= 11 is 0. The smallest absolute Gasteiger partial charge is 0.133 e. The molecule has 0 aromatic carbocycles. The monoisotopic (exact) mass is 167 g/mol. The largest absolute Gasteiger partial charge is 0.337 e. The fourth-order valence-electron chi connectivity index (χ4n) is 0.967. The van der Waals surface area contributed by atoms with Crippen molar-refractivity contribution in [2.45, 2.75) is 13.0 Å². The predicted octanol–water partition coefficient (Wildman–Crippen LogP) is 0.0617. The summed E-state index contributed by atoms with van der Waals surface area (Å²) in [5.74, 6) is 0. The minimum atomic E-state index is 0.448. The van der Waals surface area contributed by atoms with Gasteiger partial charge < -0.3 is 14.7 Å². The van der Waals surface area contributed by atoms with Crippen LogP contribution in [0.2, 0.25) is 0 Å². The average molecular weight is 167 g/mol. The first-order chi connectivity index (χ1) is 5.93. The molecule has 0 saturated heterocycles. The fourth-order valence-corrected chi connectivity index (χ4v) is 0.967. The van der Waals surface area contributed by atoms with Crippen LogP contribution in [0.4, 0.5) is 0 Å². The van der Waals surface area contributed by atoms with Gasteiger partial charge in [0.1, 0.15) is 6.29 Å². The maximum atomic E-state index is 9.92. The molecular formula is C8H13N3O. The van der Waals surface area contributed by atoms with Crippen LogP contribution >= 0.6 is 0 Å². The quantitative estimate of drug-likeness (QED) is 0.481. The maximum Gasteiger partial charge on any atom is 0.133 e. The average Bonchev–Trinajstić information content (AvgIpc) is 2.57. The number of aldehydes is 1. The van der Waals surface area contributed by atoms with Crippen LogP contribution in [0.25, 0.3) is 0 Å². The standard InChI is InChI=1S/C8H13N3O/c12-7-4-9-2-1-5-11-6-3-10-8-11/h3,6-9H,1-2,4-5H2. The molecule has 1 heterocycles. The van der Waals surface area contributed by atoms with E-state index in [-0.39, 0.29) is 0 Å². The molecule has 4 nitrogen and oxygen atoms in total. The molecule has 0 spiro atoms. The molecule has 0 atom stereocenters. The van der Waals surface area contributed by atoms with Crippen molar-refractivity contribution >= 4 is 6.29 Å². The van der Waals surface area contributed by atoms with Gasteiger partial charge in [0, 0.05) is 18.9 Å². The predicted molar refractivity (Wildman–Crippen MR) is 45.8 cm³/mol. The molecule has 0 unspecified atom stereocenters. The van der Waals surface area contributed by atoms with Crippen molar-refractivity contribution in [2.75, 3.05) is 13.1 Å². The second kappa shape index (κ2) is 5.49. The van der Waals surface area contributed by atoms with Crippen LogP contribution in [0.1, 0.15) is 6.42 Å². The molecule has 0 saturated carbocycles. The first-order valence-electron chi connectivity index (χ1n) is 4.03. The molecular weight excluding hydrogens is 154 g/mol. The van der Waals surface area contributed by atoms with E-state index in [0.29, 0.717) is 6.54 Å². The van der Waals surface area contributed by atoms with Crippen molar-refractivity contribution in [2.24, 2.45) is 0 Å². The Kier molecular flexibility index (Phi) is 4.08. The highest BCUT2D eigenvalue weighted by Crippen LogP contribution is 1.88. The summed E-state index contributed by atoms with van der Waals surface area (Å²) in [5, 5.41) is 3.00. The first kappa shape index (κ1) is 8.93. The van der Waals surface area contributed by atoms with Gasteiger partial charge in [-0.3, -0.25) is 0 Å². The first-order valence-corrected chi connectivity index (χ1v) is 4.03. The molecule has 12 heavy (non-hydrogen) atoms. The molecule has 1 aromatic heterocycles. The SMILES string of the molecule is O=CCNCCCn1ccnc1. The maximum absolute atomic E-state index is 9.92. The Morgan fingerprint density at radius 3 is 3.17 bits per heavy atom. The van der Waals surface area contributed by atoms with E-state index in [1.165, 1.54) is 0 Å². The number of carbonyl (C=O) groups is 1. The van der Waals surface area contributed by atoms with Crippen molar-refractivity contribution in [3.63, 3.8) is 0 Å². The summed E-state index contributed by atoms with van der Waals surface area (Å²) in [4.78, 5) is 13.8. The second-order valence-corrected chi connectivity index (χ2v) is 2.52. The van der Waals surface area contributed by atoms with Crippen LogP contribution < -0.4 is 5.32 Å². The molecule has 4 heteroatoms. The van der Waals surface area contributed by atoms with E-state index in [0.717, 1.165) is 25.8 Å². The summed E-state index contributed by atoms with van der Waals surface area (Å²) < 4.78 is 2.02. The van der Waals surface area contributed by atoms with Crippen molar-refractivity contribution in [3.8, 4) is 0 Å². The molecule has 0 aliphatic heterocycles. The highest BCUT2D eigenvalue weighted by molar-refractivity contribution is 5.51. The third kappa shape index (κ3) is 3.30. The summed E-state index contributed by atoms with van der Waals surface area (Å²) in [6.07, 6.45) is 7.37. The van der Waals surface area contributed by atoms with Gasteiger partial charge in [0.2, 0.25) is 0 Å². The zero-order valence-electron chi connectivity index (χ0n) is 6.94. The van der Waals surface area contributed by atoms with E-state index in [9.17, 15) is 4.79 Å². The number of imidazole rings is 1. The van der Waals surface area contributed by atoms with Gasteiger partial charge in [-0.2, -0.15) is 0 Å². The minimum absolute atomic E-state index is 0.448. The van der Waals surface area contributed by atoms with Gasteiger partial charge in [0.25, 0.3) is 0 Å². The summed E-state index contributed by atoms with van der Waals surface area (Å²) in [7, 11) is 0.